The summed E-state index contributed by atoms with van der Waals surface area (Å²) in [5, 5.41) is 14.5. The van der Waals surface area contributed by atoms with Crippen molar-refractivity contribution in [2.24, 2.45) is 0 Å². The van der Waals surface area contributed by atoms with E-state index in [9.17, 15) is 9.59 Å². The van der Waals surface area contributed by atoms with E-state index in [0.29, 0.717) is 11.4 Å². The third-order valence-electron chi connectivity index (χ3n) is 2.71. The molecule has 0 aliphatic carbocycles. The lowest BCUT2D eigenvalue weighted by atomic mass is 10.1. The van der Waals surface area contributed by atoms with Crippen molar-refractivity contribution in [1.29, 1.82) is 0 Å². The number of amides is 2. The zero-order chi connectivity index (χ0) is 14.4. The molecule has 3 N–H and O–H groups in total. The van der Waals surface area contributed by atoms with Crippen molar-refractivity contribution in [3.63, 3.8) is 0 Å². The van der Waals surface area contributed by atoms with E-state index in [-0.39, 0.29) is 6.04 Å². The number of carbonyl (C=O) groups is 2. The van der Waals surface area contributed by atoms with Crippen LogP contribution in [-0.2, 0) is 4.79 Å². The smallest absolute Gasteiger partial charge is 0.326 e. The minimum Gasteiger partial charge on any atom is -0.480 e. The van der Waals surface area contributed by atoms with Gasteiger partial charge in [0, 0.05) is 5.02 Å². The van der Waals surface area contributed by atoms with Crippen molar-refractivity contribution in [3.05, 3.63) is 34.9 Å². The molecular formula is C13H17ClN2O3. The molecule has 0 aliphatic heterocycles. The van der Waals surface area contributed by atoms with Gasteiger partial charge in [-0.3, -0.25) is 0 Å². The summed E-state index contributed by atoms with van der Waals surface area (Å²) in [4.78, 5) is 22.5. The Labute approximate surface area is 117 Å². The highest BCUT2D eigenvalue weighted by molar-refractivity contribution is 6.30. The second-order valence-electron chi connectivity index (χ2n) is 4.19. The number of rotatable bonds is 5. The summed E-state index contributed by atoms with van der Waals surface area (Å²) >= 11 is 5.87. The van der Waals surface area contributed by atoms with Gasteiger partial charge in [-0.05, 0) is 31.0 Å². The molecule has 19 heavy (non-hydrogen) atoms. The van der Waals surface area contributed by atoms with Gasteiger partial charge in [0.2, 0.25) is 0 Å². The molecule has 2 atom stereocenters. The summed E-state index contributed by atoms with van der Waals surface area (Å²) in [5.41, 5.74) is 0.853. The van der Waals surface area contributed by atoms with Crippen LogP contribution in [0.5, 0.6) is 0 Å². The maximum absolute atomic E-state index is 11.7. The number of hydrogen-bond donors (Lipinski definition) is 3. The number of aliphatic carboxylic acids is 1. The van der Waals surface area contributed by atoms with Crippen molar-refractivity contribution >= 4 is 23.6 Å². The molecule has 1 aromatic rings. The molecule has 2 amide bonds. The molecule has 104 valence electrons. The lowest BCUT2D eigenvalue weighted by Gasteiger charge is -2.18. The van der Waals surface area contributed by atoms with Crippen molar-refractivity contribution < 1.29 is 14.7 Å². The molecule has 6 heteroatoms. The zero-order valence-corrected chi connectivity index (χ0v) is 11.6. The van der Waals surface area contributed by atoms with Crippen molar-refractivity contribution in [3.8, 4) is 0 Å². The quantitative estimate of drug-likeness (QED) is 0.777. The Morgan fingerprint density at radius 1 is 1.37 bits per heavy atom. The highest BCUT2D eigenvalue weighted by Crippen LogP contribution is 2.17. The van der Waals surface area contributed by atoms with Crippen molar-refractivity contribution in [2.75, 3.05) is 0 Å². The summed E-state index contributed by atoms with van der Waals surface area (Å²) < 4.78 is 0. The number of halogens is 1. The fourth-order valence-electron chi connectivity index (χ4n) is 1.59. The number of carboxylic acid groups (broad SMARTS) is 1. The van der Waals surface area contributed by atoms with Crippen LogP contribution < -0.4 is 10.6 Å². The fourth-order valence-corrected chi connectivity index (χ4v) is 1.79. The molecule has 0 saturated carbocycles. The second kappa shape index (κ2) is 6.99. The number of hydrogen-bond acceptors (Lipinski definition) is 2. The fraction of sp³-hybridized carbons (Fsp3) is 0.385. The predicted octanol–water partition coefficient (Wildman–Crippen LogP) is 2.56. The van der Waals surface area contributed by atoms with E-state index in [0.717, 1.165) is 5.56 Å². The molecule has 0 spiro atoms. The maximum Gasteiger partial charge on any atom is 0.326 e. The summed E-state index contributed by atoms with van der Waals surface area (Å²) in [6.45, 7) is 3.49. The Bertz CT molecular complexity index is 465. The minimum absolute atomic E-state index is 0.259. The maximum atomic E-state index is 11.7. The van der Waals surface area contributed by atoms with Crippen LogP contribution >= 0.6 is 11.6 Å². The molecule has 0 bridgehead atoms. The molecule has 0 radical (unpaired) electrons. The van der Waals surface area contributed by atoms with E-state index in [4.69, 9.17) is 16.7 Å². The van der Waals surface area contributed by atoms with E-state index < -0.39 is 18.0 Å². The molecule has 0 fully saturated rings. The standard InChI is InChI=1S/C13H17ClN2O3/c1-3-11(12(17)18)16-13(19)15-8(2)9-5-4-6-10(14)7-9/h4-8,11H,3H2,1-2H3,(H,17,18)(H2,15,16,19)/t8?,11-/m0/s1. The lowest BCUT2D eigenvalue weighted by Crippen LogP contribution is -2.46. The Balaban J connectivity index is 2.59. The lowest BCUT2D eigenvalue weighted by molar-refractivity contribution is -0.139. The van der Waals surface area contributed by atoms with Crippen LogP contribution in [-0.4, -0.2) is 23.1 Å². The van der Waals surface area contributed by atoms with Gasteiger partial charge in [-0.15, -0.1) is 0 Å². The Morgan fingerprint density at radius 3 is 2.58 bits per heavy atom. The third-order valence-corrected chi connectivity index (χ3v) is 2.94. The Morgan fingerprint density at radius 2 is 2.05 bits per heavy atom. The second-order valence-corrected chi connectivity index (χ2v) is 4.63. The number of nitrogens with one attached hydrogen (secondary N) is 2. The van der Waals surface area contributed by atoms with Gasteiger partial charge in [0.25, 0.3) is 0 Å². The van der Waals surface area contributed by atoms with Gasteiger partial charge in [-0.2, -0.15) is 0 Å². The first-order chi connectivity index (χ1) is 8.93. The average molecular weight is 285 g/mol. The summed E-state index contributed by atoms with van der Waals surface area (Å²) in [7, 11) is 0. The average Bonchev–Trinajstić information content (AvgIpc) is 2.35. The summed E-state index contributed by atoms with van der Waals surface area (Å²) in [5.74, 6) is -1.05. The number of benzene rings is 1. The molecule has 0 aliphatic rings. The Hall–Kier alpha value is -1.75. The zero-order valence-electron chi connectivity index (χ0n) is 10.8. The first-order valence-corrected chi connectivity index (χ1v) is 6.37. The van der Waals surface area contributed by atoms with Crippen molar-refractivity contribution in [2.45, 2.75) is 32.4 Å². The summed E-state index contributed by atoms with van der Waals surface area (Å²) in [6, 6.07) is 5.47. The van der Waals surface area contributed by atoms with Crippen molar-refractivity contribution in [1.82, 2.24) is 10.6 Å². The van der Waals surface area contributed by atoms with E-state index in [1.54, 1.807) is 32.0 Å². The van der Waals surface area contributed by atoms with Gasteiger partial charge < -0.3 is 15.7 Å². The van der Waals surface area contributed by atoms with E-state index in [1.807, 2.05) is 6.07 Å². The van der Waals surface area contributed by atoms with Gasteiger partial charge in [0.1, 0.15) is 6.04 Å². The summed E-state index contributed by atoms with van der Waals surface area (Å²) in [6.07, 6.45) is 0.328. The normalized spacial score (nSPS) is 13.4. The van der Waals surface area contributed by atoms with Crippen LogP contribution in [0.2, 0.25) is 5.02 Å². The molecule has 0 heterocycles. The molecular weight excluding hydrogens is 268 g/mol. The van der Waals surface area contributed by atoms with Gasteiger partial charge in [-0.25, -0.2) is 9.59 Å². The molecule has 1 unspecified atom stereocenters. The molecule has 5 nitrogen and oxygen atoms in total. The van der Waals surface area contributed by atoms with Crippen LogP contribution in [0.15, 0.2) is 24.3 Å². The number of carboxylic acids is 1. The monoisotopic (exact) mass is 284 g/mol. The topological polar surface area (TPSA) is 78.4 Å². The molecule has 0 aromatic heterocycles. The van der Waals surface area contributed by atoms with Gasteiger partial charge >= 0.3 is 12.0 Å². The van der Waals surface area contributed by atoms with Crippen LogP contribution in [0.3, 0.4) is 0 Å². The van der Waals surface area contributed by atoms with Crippen LogP contribution in [0.1, 0.15) is 31.9 Å². The first kappa shape index (κ1) is 15.3. The molecule has 1 aromatic carbocycles. The number of urea groups is 1. The SMILES string of the molecule is CC[C@H](NC(=O)NC(C)c1cccc(Cl)c1)C(=O)O. The highest BCUT2D eigenvalue weighted by Gasteiger charge is 2.18. The first-order valence-electron chi connectivity index (χ1n) is 5.99. The van der Waals surface area contributed by atoms with Crippen LogP contribution in [0.25, 0.3) is 0 Å². The van der Waals surface area contributed by atoms with Gasteiger partial charge in [0.05, 0.1) is 6.04 Å². The van der Waals surface area contributed by atoms with Gasteiger partial charge in [0.15, 0.2) is 0 Å². The Kier molecular flexibility index (Phi) is 5.63. The molecule has 1 rings (SSSR count). The van der Waals surface area contributed by atoms with Crippen LogP contribution in [0, 0.1) is 0 Å². The molecule has 0 saturated heterocycles. The van der Waals surface area contributed by atoms with E-state index >= 15 is 0 Å². The largest absolute Gasteiger partial charge is 0.480 e. The van der Waals surface area contributed by atoms with Crippen LogP contribution in [0.4, 0.5) is 4.79 Å². The van der Waals surface area contributed by atoms with E-state index in [1.165, 1.54) is 0 Å². The van der Waals surface area contributed by atoms with Gasteiger partial charge in [-0.1, -0.05) is 30.7 Å². The number of carbonyl (C=O) groups excluding carboxylic acids is 1. The third kappa shape index (κ3) is 4.79. The minimum atomic E-state index is -1.05. The predicted molar refractivity (Wildman–Crippen MR) is 73.2 cm³/mol. The highest BCUT2D eigenvalue weighted by atomic mass is 35.5. The van der Waals surface area contributed by atoms with E-state index in [2.05, 4.69) is 10.6 Å².